The van der Waals surface area contributed by atoms with Crippen LogP contribution in [0.2, 0.25) is 0 Å². The molecule has 20 heavy (non-hydrogen) atoms. The second kappa shape index (κ2) is 5.83. The Kier molecular flexibility index (Phi) is 4.14. The first kappa shape index (κ1) is 14.2. The lowest BCUT2D eigenvalue weighted by Gasteiger charge is -2.07. The molecular weight excluding hydrogens is 328 g/mol. The van der Waals surface area contributed by atoms with Crippen molar-refractivity contribution >= 4 is 27.7 Å². The molecule has 0 aliphatic rings. The van der Waals surface area contributed by atoms with Crippen LogP contribution in [0.15, 0.2) is 38.5 Å². The summed E-state index contributed by atoms with van der Waals surface area (Å²) in [5.74, 6) is -0.00399. The number of aromatic amines is 1. The third-order valence-corrected chi connectivity index (χ3v) is 3.00. The number of nitrogens with one attached hydrogen (secondary N) is 2. The van der Waals surface area contributed by atoms with Gasteiger partial charge in [-0.25, -0.2) is 9.78 Å². The van der Waals surface area contributed by atoms with Crippen LogP contribution in [0.4, 0.5) is 5.82 Å². The van der Waals surface area contributed by atoms with Gasteiger partial charge in [0, 0.05) is 11.9 Å². The zero-order chi connectivity index (χ0) is 14.7. The van der Waals surface area contributed by atoms with Crippen LogP contribution in [0.25, 0.3) is 0 Å². The van der Waals surface area contributed by atoms with Crippen LogP contribution in [-0.2, 0) is 11.3 Å². The molecule has 8 heteroatoms. The van der Waals surface area contributed by atoms with E-state index in [-0.39, 0.29) is 11.0 Å². The first-order chi connectivity index (χ1) is 9.45. The van der Waals surface area contributed by atoms with E-state index in [2.05, 4.69) is 31.2 Å². The molecule has 2 N–H and O–H groups in total. The summed E-state index contributed by atoms with van der Waals surface area (Å²) in [4.78, 5) is 40.7. The first-order valence-electron chi connectivity index (χ1n) is 5.68. The molecule has 0 aromatic carbocycles. The summed E-state index contributed by atoms with van der Waals surface area (Å²) < 4.78 is 1.27. The van der Waals surface area contributed by atoms with Gasteiger partial charge in [0.05, 0.1) is 4.47 Å². The highest BCUT2D eigenvalue weighted by Crippen LogP contribution is 2.04. The summed E-state index contributed by atoms with van der Waals surface area (Å²) in [6.45, 7) is 1.59. The van der Waals surface area contributed by atoms with Crippen molar-refractivity contribution in [3.8, 4) is 0 Å². The molecule has 104 valence electrons. The lowest BCUT2D eigenvalue weighted by Crippen LogP contribution is -2.33. The Hall–Kier alpha value is -2.22. The minimum atomic E-state index is -0.648. The van der Waals surface area contributed by atoms with Gasteiger partial charge in [0.25, 0.3) is 5.56 Å². The van der Waals surface area contributed by atoms with E-state index >= 15 is 0 Å². The largest absolute Gasteiger partial charge is 0.328 e. The van der Waals surface area contributed by atoms with Gasteiger partial charge in [0.1, 0.15) is 12.4 Å². The lowest BCUT2D eigenvalue weighted by atomic mass is 10.4. The van der Waals surface area contributed by atoms with Crippen LogP contribution >= 0.6 is 15.9 Å². The van der Waals surface area contributed by atoms with Crippen molar-refractivity contribution in [3.63, 3.8) is 0 Å². The van der Waals surface area contributed by atoms with Crippen LogP contribution in [0.1, 0.15) is 5.69 Å². The quantitative estimate of drug-likeness (QED) is 0.858. The minimum absolute atomic E-state index is 0.179. The number of carbonyl (C=O) groups excluding carboxylic acids is 1. The molecule has 0 aliphatic heterocycles. The van der Waals surface area contributed by atoms with Gasteiger partial charge in [0.15, 0.2) is 0 Å². The van der Waals surface area contributed by atoms with Crippen LogP contribution < -0.4 is 16.6 Å². The number of amides is 1. The number of anilines is 1. The number of aryl methyl sites for hydroxylation is 1. The molecule has 2 aromatic heterocycles. The third kappa shape index (κ3) is 3.41. The molecule has 0 aliphatic carbocycles. The highest BCUT2D eigenvalue weighted by Gasteiger charge is 2.08. The Bertz CT molecular complexity index is 766. The zero-order valence-corrected chi connectivity index (χ0v) is 12.1. The molecule has 0 saturated heterocycles. The van der Waals surface area contributed by atoms with Crippen molar-refractivity contribution in [2.75, 3.05) is 5.32 Å². The summed E-state index contributed by atoms with van der Waals surface area (Å²) >= 11 is 3.00. The standard InChI is InChI=1S/C12H11BrN4O3/c1-7-3-2-4-9(14-7)15-10(18)6-17-5-8(13)11(19)16-12(17)20/h2-5H,6H2,1H3,(H,14,15,18)(H,16,19,20). The summed E-state index contributed by atoms with van der Waals surface area (Å²) in [5.41, 5.74) is -0.413. The molecule has 0 saturated carbocycles. The Balaban J connectivity index is 2.15. The van der Waals surface area contributed by atoms with E-state index in [4.69, 9.17) is 0 Å². The molecule has 0 bridgehead atoms. The molecule has 1 amide bonds. The van der Waals surface area contributed by atoms with E-state index < -0.39 is 17.2 Å². The van der Waals surface area contributed by atoms with Gasteiger partial charge in [-0.05, 0) is 35.0 Å². The Labute approximate surface area is 121 Å². The second-order valence-corrected chi connectivity index (χ2v) is 4.93. The fraction of sp³-hybridized carbons (Fsp3) is 0.167. The average molecular weight is 339 g/mol. The Morgan fingerprint density at radius 2 is 2.20 bits per heavy atom. The van der Waals surface area contributed by atoms with Crippen molar-refractivity contribution in [3.05, 3.63) is 55.4 Å². The average Bonchev–Trinajstić information content (AvgIpc) is 2.36. The van der Waals surface area contributed by atoms with Gasteiger partial charge in [-0.2, -0.15) is 0 Å². The van der Waals surface area contributed by atoms with Crippen LogP contribution in [-0.4, -0.2) is 20.4 Å². The monoisotopic (exact) mass is 338 g/mol. The number of carbonyl (C=O) groups is 1. The molecule has 7 nitrogen and oxygen atoms in total. The van der Waals surface area contributed by atoms with Crippen molar-refractivity contribution in [2.45, 2.75) is 13.5 Å². The van der Waals surface area contributed by atoms with Crippen LogP contribution in [0, 0.1) is 6.92 Å². The van der Waals surface area contributed by atoms with Crippen molar-refractivity contribution in [1.29, 1.82) is 0 Å². The molecular formula is C12H11BrN4O3. The smallest absolute Gasteiger partial charge is 0.309 e. The van der Waals surface area contributed by atoms with E-state index in [1.807, 2.05) is 0 Å². The highest BCUT2D eigenvalue weighted by atomic mass is 79.9. The van der Waals surface area contributed by atoms with E-state index in [0.29, 0.717) is 5.82 Å². The number of nitrogens with zero attached hydrogens (tertiary/aromatic N) is 2. The van der Waals surface area contributed by atoms with E-state index in [0.717, 1.165) is 10.3 Å². The fourth-order valence-corrected chi connectivity index (χ4v) is 1.90. The minimum Gasteiger partial charge on any atom is -0.309 e. The Morgan fingerprint density at radius 1 is 1.45 bits per heavy atom. The number of hydrogen-bond donors (Lipinski definition) is 2. The van der Waals surface area contributed by atoms with E-state index in [9.17, 15) is 14.4 Å². The number of H-pyrrole nitrogens is 1. The van der Waals surface area contributed by atoms with E-state index in [1.54, 1.807) is 25.1 Å². The van der Waals surface area contributed by atoms with Gasteiger partial charge in [0.2, 0.25) is 5.91 Å². The maximum Gasteiger partial charge on any atom is 0.328 e. The van der Waals surface area contributed by atoms with Gasteiger partial charge in [-0.3, -0.25) is 19.1 Å². The van der Waals surface area contributed by atoms with Crippen molar-refractivity contribution in [2.24, 2.45) is 0 Å². The fourth-order valence-electron chi connectivity index (χ4n) is 1.55. The molecule has 0 spiro atoms. The predicted octanol–water partition coefficient (Wildman–Crippen LogP) is 0.641. The summed E-state index contributed by atoms with van der Waals surface area (Å²) in [6.07, 6.45) is 1.27. The zero-order valence-electron chi connectivity index (χ0n) is 10.5. The summed E-state index contributed by atoms with van der Waals surface area (Å²) in [6, 6.07) is 5.22. The van der Waals surface area contributed by atoms with Crippen molar-refractivity contribution < 1.29 is 4.79 Å². The molecule has 0 unspecified atom stereocenters. The summed E-state index contributed by atoms with van der Waals surface area (Å²) in [5, 5.41) is 2.58. The molecule has 0 radical (unpaired) electrons. The Morgan fingerprint density at radius 3 is 2.90 bits per heavy atom. The normalized spacial score (nSPS) is 10.3. The molecule has 0 fully saturated rings. The maximum absolute atomic E-state index is 11.8. The first-order valence-corrected chi connectivity index (χ1v) is 6.48. The second-order valence-electron chi connectivity index (χ2n) is 4.08. The number of rotatable bonds is 3. The van der Waals surface area contributed by atoms with Gasteiger partial charge >= 0.3 is 5.69 Å². The number of halogens is 1. The van der Waals surface area contributed by atoms with E-state index in [1.165, 1.54) is 6.20 Å². The molecule has 0 atom stereocenters. The summed E-state index contributed by atoms with van der Waals surface area (Å²) in [7, 11) is 0. The predicted molar refractivity (Wildman–Crippen MR) is 76.6 cm³/mol. The third-order valence-electron chi connectivity index (χ3n) is 2.44. The molecule has 2 rings (SSSR count). The number of pyridine rings is 1. The van der Waals surface area contributed by atoms with Gasteiger partial charge in [-0.15, -0.1) is 0 Å². The molecule has 2 aromatic rings. The van der Waals surface area contributed by atoms with Crippen LogP contribution in [0.3, 0.4) is 0 Å². The van der Waals surface area contributed by atoms with Gasteiger partial charge in [-0.1, -0.05) is 6.07 Å². The van der Waals surface area contributed by atoms with Gasteiger partial charge < -0.3 is 5.32 Å². The highest BCUT2D eigenvalue weighted by molar-refractivity contribution is 9.10. The number of hydrogen-bond acceptors (Lipinski definition) is 4. The topological polar surface area (TPSA) is 96.9 Å². The lowest BCUT2D eigenvalue weighted by molar-refractivity contribution is -0.116. The number of aromatic nitrogens is 3. The SMILES string of the molecule is Cc1cccc(NC(=O)Cn2cc(Br)c(=O)[nH]c2=O)n1. The molecule has 2 heterocycles. The van der Waals surface area contributed by atoms with Crippen molar-refractivity contribution in [1.82, 2.24) is 14.5 Å². The van der Waals surface area contributed by atoms with Crippen LogP contribution in [0.5, 0.6) is 0 Å². The maximum atomic E-state index is 11.8.